The van der Waals surface area contributed by atoms with E-state index >= 15 is 0 Å². The second-order valence-corrected chi connectivity index (χ2v) is 6.73. The molecule has 130 valence electrons. The van der Waals surface area contributed by atoms with Crippen molar-refractivity contribution in [2.24, 2.45) is 5.92 Å². The first-order valence-corrected chi connectivity index (χ1v) is 8.74. The van der Waals surface area contributed by atoms with Crippen LogP contribution in [0.25, 0.3) is 0 Å². The van der Waals surface area contributed by atoms with Gasteiger partial charge in [0.25, 0.3) is 0 Å². The van der Waals surface area contributed by atoms with Crippen molar-refractivity contribution in [2.75, 3.05) is 11.9 Å². The van der Waals surface area contributed by atoms with Crippen LogP contribution in [0.2, 0.25) is 0 Å². The standard InChI is InChI=1S/C21H24N2O2/c1-15-7-6-8-17(13-15)20-12-11-18(14-23(20)16(2)24)21(25)22-19-9-4-3-5-10-19/h3-10,13,18,20H,11-12,14H2,1-2H3,(H,22,25). The maximum atomic E-state index is 12.6. The number of amides is 2. The van der Waals surface area contributed by atoms with E-state index in [2.05, 4.69) is 30.4 Å². The molecule has 1 heterocycles. The molecular formula is C21H24N2O2. The number of likely N-dealkylation sites (tertiary alicyclic amines) is 1. The van der Waals surface area contributed by atoms with Gasteiger partial charge in [-0.2, -0.15) is 0 Å². The van der Waals surface area contributed by atoms with Crippen LogP contribution in [0.4, 0.5) is 5.69 Å². The van der Waals surface area contributed by atoms with Crippen molar-refractivity contribution in [1.82, 2.24) is 4.90 Å². The van der Waals surface area contributed by atoms with Crippen molar-refractivity contribution >= 4 is 17.5 Å². The molecule has 0 bridgehead atoms. The number of nitrogens with one attached hydrogen (secondary N) is 1. The lowest BCUT2D eigenvalue weighted by molar-refractivity contribution is -0.135. The van der Waals surface area contributed by atoms with E-state index in [9.17, 15) is 9.59 Å². The number of hydrogen-bond acceptors (Lipinski definition) is 2. The number of benzene rings is 2. The first-order chi connectivity index (χ1) is 12.0. The fraction of sp³-hybridized carbons (Fsp3) is 0.333. The highest BCUT2D eigenvalue weighted by Gasteiger charge is 2.34. The van der Waals surface area contributed by atoms with Gasteiger partial charge in [0.1, 0.15) is 0 Å². The molecule has 0 radical (unpaired) electrons. The quantitative estimate of drug-likeness (QED) is 0.923. The molecule has 2 aromatic rings. The average Bonchev–Trinajstić information content (AvgIpc) is 2.62. The summed E-state index contributed by atoms with van der Waals surface area (Å²) in [4.78, 5) is 26.6. The van der Waals surface area contributed by atoms with E-state index in [1.54, 1.807) is 6.92 Å². The zero-order valence-electron chi connectivity index (χ0n) is 14.7. The van der Waals surface area contributed by atoms with Gasteiger partial charge in [-0.15, -0.1) is 0 Å². The Morgan fingerprint density at radius 1 is 1.04 bits per heavy atom. The first-order valence-electron chi connectivity index (χ1n) is 8.74. The first kappa shape index (κ1) is 17.2. The Morgan fingerprint density at radius 3 is 2.48 bits per heavy atom. The van der Waals surface area contributed by atoms with Gasteiger partial charge in [-0.25, -0.2) is 0 Å². The average molecular weight is 336 g/mol. The Bertz CT molecular complexity index is 758. The Morgan fingerprint density at radius 2 is 1.80 bits per heavy atom. The number of para-hydroxylation sites is 1. The molecule has 2 atom stereocenters. The van der Waals surface area contributed by atoms with Gasteiger partial charge in [0, 0.05) is 19.2 Å². The lowest BCUT2D eigenvalue weighted by Gasteiger charge is -2.39. The molecular weight excluding hydrogens is 312 g/mol. The van der Waals surface area contributed by atoms with Crippen LogP contribution in [-0.4, -0.2) is 23.3 Å². The van der Waals surface area contributed by atoms with E-state index in [-0.39, 0.29) is 23.8 Å². The van der Waals surface area contributed by atoms with E-state index in [1.165, 1.54) is 5.56 Å². The molecule has 25 heavy (non-hydrogen) atoms. The third-order valence-electron chi connectivity index (χ3n) is 4.83. The van der Waals surface area contributed by atoms with Gasteiger partial charge < -0.3 is 10.2 Å². The van der Waals surface area contributed by atoms with Crippen LogP contribution in [-0.2, 0) is 9.59 Å². The van der Waals surface area contributed by atoms with Crippen LogP contribution in [0.15, 0.2) is 54.6 Å². The predicted octanol–water partition coefficient (Wildman–Crippen LogP) is 3.93. The van der Waals surface area contributed by atoms with Gasteiger partial charge in [0.2, 0.25) is 11.8 Å². The molecule has 1 saturated heterocycles. The van der Waals surface area contributed by atoms with Crippen molar-refractivity contribution in [3.8, 4) is 0 Å². The largest absolute Gasteiger partial charge is 0.335 e. The van der Waals surface area contributed by atoms with E-state index in [0.29, 0.717) is 6.54 Å². The molecule has 3 rings (SSSR count). The van der Waals surface area contributed by atoms with Gasteiger partial charge in [0.15, 0.2) is 0 Å². The van der Waals surface area contributed by atoms with Gasteiger partial charge in [0.05, 0.1) is 12.0 Å². The van der Waals surface area contributed by atoms with Gasteiger partial charge in [-0.1, -0.05) is 48.0 Å². The Labute approximate surface area is 148 Å². The molecule has 2 unspecified atom stereocenters. The third kappa shape index (κ3) is 4.08. The summed E-state index contributed by atoms with van der Waals surface area (Å²) in [6.07, 6.45) is 1.58. The van der Waals surface area contributed by atoms with Crippen LogP contribution in [0, 0.1) is 12.8 Å². The second kappa shape index (κ2) is 7.51. The Hall–Kier alpha value is -2.62. The highest BCUT2D eigenvalue weighted by Crippen LogP contribution is 2.34. The summed E-state index contributed by atoms with van der Waals surface area (Å²) in [7, 11) is 0. The molecule has 1 N–H and O–H groups in total. The lowest BCUT2D eigenvalue weighted by atomic mass is 9.88. The summed E-state index contributed by atoms with van der Waals surface area (Å²) >= 11 is 0. The monoisotopic (exact) mass is 336 g/mol. The number of carbonyl (C=O) groups excluding carboxylic acids is 2. The minimum Gasteiger partial charge on any atom is -0.335 e. The zero-order valence-corrected chi connectivity index (χ0v) is 14.7. The molecule has 1 aliphatic heterocycles. The molecule has 0 spiro atoms. The molecule has 4 heteroatoms. The number of aryl methyl sites for hydroxylation is 1. The summed E-state index contributed by atoms with van der Waals surface area (Å²) in [6.45, 7) is 4.10. The molecule has 0 saturated carbocycles. The molecule has 4 nitrogen and oxygen atoms in total. The fourth-order valence-corrected chi connectivity index (χ4v) is 3.52. The fourth-order valence-electron chi connectivity index (χ4n) is 3.52. The van der Waals surface area contributed by atoms with Crippen molar-refractivity contribution in [2.45, 2.75) is 32.7 Å². The van der Waals surface area contributed by atoms with Crippen molar-refractivity contribution < 1.29 is 9.59 Å². The second-order valence-electron chi connectivity index (χ2n) is 6.73. The van der Waals surface area contributed by atoms with Crippen LogP contribution >= 0.6 is 0 Å². The summed E-state index contributed by atoms with van der Waals surface area (Å²) in [6, 6.07) is 17.8. The van der Waals surface area contributed by atoms with Crippen molar-refractivity contribution in [3.63, 3.8) is 0 Å². The zero-order chi connectivity index (χ0) is 17.8. The molecule has 1 aliphatic rings. The Kier molecular flexibility index (Phi) is 5.17. The van der Waals surface area contributed by atoms with Gasteiger partial charge in [-0.05, 0) is 37.5 Å². The van der Waals surface area contributed by atoms with E-state index in [1.807, 2.05) is 41.3 Å². The minimum absolute atomic E-state index is 0.0138. The van der Waals surface area contributed by atoms with E-state index < -0.39 is 0 Å². The van der Waals surface area contributed by atoms with Gasteiger partial charge in [-0.3, -0.25) is 9.59 Å². The summed E-state index contributed by atoms with van der Waals surface area (Å²) in [5.74, 6) is -0.172. The smallest absolute Gasteiger partial charge is 0.229 e. The number of nitrogens with zero attached hydrogens (tertiary/aromatic N) is 1. The van der Waals surface area contributed by atoms with E-state index in [4.69, 9.17) is 0 Å². The topological polar surface area (TPSA) is 49.4 Å². The Balaban J connectivity index is 1.73. The maximum Gasteiger partial charge on any atom is 0.229 e. The molecule has 1 fully saturated rings. The number of rotatable bonds is 3. The van der Waals surface area contributed by atoms with E-state index in [0.717, 1.165) is 24.1 Å². The third-order valence-corrected chi connectivity index (χ3v) is 4.83. The minimum atomic E-state index is -0.176. The predicted molar refractivity (Wildman–Crippen MR) is 99.1 cm³/mol. The van der Waals surface area contributed by atoms with Crippen LogP contribution < -0.4 is 5.32 Å². The molecule has 2 aromatic carbocycles. The van der Waals surface area contributed by atoms with Crippen LogP contribution in [0.5, 0.6) is 0 Å². The summed E-state index contributed by atoms with van der Waals surface area (Å²) in [5.41, 5.74) is 3.13. The highest BCUT2D eigenvalue weighted by molar-refractivity contribution is 5.93. The SMILES string of the molecule is CC(=O)N1CC(C(=O)Nc2ccccc2)CCC1c1cccc(C)c1. The highest BCUT2D eigenvalue weighted by atomic mass is 16.2. The molecule has 0 aliphatic carbocycles. The van der Waals surface area contributed by atoms with Crippen molar-refractivity contribution in [1.29, 1.82) is 0 Å². The van der Waals surface area contributed by atoms with Crippen LogP contribution in [0.1, 0.15) is 36.9 Å². The number of anilines is 1. The number of carbonyl (C=O) groups is 2. The lowest BCUT2D eigenvalue weighted by Crippen LogP contribution is -2.44. The van der Waals surface area contributed by atoms with Crippen LogP contribution in [0.3, 0.4) is 0 Å². The normalized spacial score (nSPS) is 20.2. The maximum absolute atomic E-state index is 12.6. The number of hydrogen-bond donors (Lipinski definition) is 1. The van der Waals surface area contributed by atoms with Gasteiger partial charge >= 0.3 is 0 Å². The summed E-state index contributed by atoms with van der Waals surface area (Å²) < 4.78 is 0. The molecule has 2 amide bonds. The number of piperidine rings is 1. The summed E-state index contributed by atoms with van der Waals surface area (Å²) in [5, 5.41) is 2.96. The van der Waals surface area contributed by atoms with Crippen molar-refractivity contribution in [3.05, 3.63) is 65.7 Å². The molecule has 0 aromatic heterocycles.